The molecule has 7 nitrogen and oxygen atoms in total. The van der Waals surface area contributed by atoms with Crippen molar-refractivity contribution in [1.29, 1.82) is 0 Å². The van der Waals surface area contributed by atoms with Gasteiger partial charge in [-0.05, 0) is 32.1 Å². The molecule has 0 aromatic rings. The largest absolute Gasteiger partial charge is 0.481 e. The minimum atomic E-state index is -1.17. The highest BCUT2D eigenvalue weighted by Crippen LogP contribution is 2.10. The second kappa shape index (κ2) is 23.1. The van der Waals surface area contributed by atoms with Gasteiger partial charge in [0.05, 0.1) is 13.2 Å². The molecule has 0 amide bonds. The maximum absolute atomic E-state index is 10.3. The molecule has 1 atom stereocenters. The summed E-state index contributed by atoms with van der Waals surface area (Å²) in [6.45, 7) is 2.20. The Hall–Kier alpha value is -2.15. The topological polar surface area (TPSA) is 121 Å². The molecule has 0 spiro atoms. The van der Waals surface area contributed by atoms with Crippen molar-refractivity contribution in [1.82, 2.24) is 0 Å². The van der Waals surface area contributed by atoms with E-state index in [1.165, 1.54) is 32.8 Å². The molecular formula is C23H40O7. The zero-order chi connectivity index (χ0) is 23.0. The molecule has 0 radical (unpaired) electrons. The number of allylic oxidation sites excluding steroid dienone is 1. The lowest BCUT2D eigenvalue weighted by atomic mass is 10.1. The third-order valence-corrected chi connectivity index (χ3v) is 4.29. The summed E-state index contributed by atoms with van der Waals surface area (Å²) in [6, 6.07) is 0. The van der Waals surface area contributed by atoms with Gasteiger partial charge in [-0.2, -0.15) is 0 Å². The minimum Gasteiger partial charge on any atom is -0.481 e. The van der Waals surface area contributed by atoms with Gasteiger partial charge in [-0.25, -0.2) is 9.59 Å². The molecule has 0 saturated carbocycles. The number of carboxylic acids is 2. The molecule has 3 N–H and O–H groups in total. The van der Waals surface area contributed by atoms with Crippen molar-refractivity contribution < 1.29 is 34.4 Å². The molecule has 0 aliphatic rings. The average Bonchev–Trinajstić information content (AvgIpc) is 2.71. The lowest BCUT2D eigenvalue weighted by molar-refractivity contribution is -0.137. The van der Waals surface area contributed by atoms with Crippen LogP contribution in [0.4, 0.5) is 0 Å². The van der Waals surface area contributed by atoms with Crippen LogP contribution in [0.3, 0.4) is 0 Å². The molecule has 1 unspecified atom stereocenters. The highest BCUT2D eigenvalue weighted by atomic mass is 16.5. The zero-order valence-corrected chi connectivity index (χ0v) is 18.6. The normalized spacial score (nSPS) is 11.8. The first kappa shape index (κ1) is 30.0. The summed E-state index contributed by atoms with van der Waals surface area (Å²) in [5.41, 5.74) is 0. The Morgan fingerprint density at radius 3 is 2.10 bits per heavy atom. The van der Waals surface area contributed by atoms with Gasteiger partial charge in [0, 0.05) is 18.6 Å². The van der Waals surface area contributed by atoms with Crippen molar-refractivity contribution in [3.63, 3.8) is 0 Å². The molecule has 7 heteroatoms. The molecule has 0 aliphatic carbocycles. The van der Waals surface area contributed by atoms with Crippen LogP contribution >= 0.6 is 0 Å². The summed E-state index contributed by atoms with van der Waals surface area (Å²) in [6.07, 6.45) is 18.9. The van der Waals surface area contributed by atoms with E-state index in [1.807, 2.05) is 0 Å². The number of ether oxygens (including phenoxy) is 1. The Kier molecular flexibility index (Phi) is 23.2. The number of esters is 1. The summed E-state index contributed by atoms with van der Waals surface area (Å²) in [5.74, 6) is -2.52. The Labute approximate surface area is 180 Å². The molecule has 0 saturated heterocycles. The molecule has 0 aliphatic heterocycles. The van der Waals surface area contributed by atoms with E-state index in [0.717, 1.165) is 57.4 Å². The number of rotatable bonds is 17. The SMILES string of the molecule is CCCCCCC(O)C/C=C\CCCCCCCC(=O)O.COC(=O)/C=C\C(=O)O. The fourth-order valence-corrected chi connectivity index (χ4v) is 2.57. The van der Waals surface area contributed by atoms with Gasteiger partial charge in [0.2, 0.25) is 0 Å². The van der Waals surface area contributed by atoms with Crippen LogP contribution in [0.5, 0.6) is 0 Å². The Bertz CT molecular complexity index is 498. The fraction of sp³-hybridized carbons (Fsp3) is 0.696. The summed E-state index contributed by atoms with van der Waals surface area (Å²) in [4.78, 5) is 30.2. The van der Waals surface area contributed by atoms with Gasteiger partial charge in [0.25, 0.3) is 0 Å². The Balaban J connectivity index is 0. The van der Waals surface area contributed by atoms with Crippen LogP contribution in [0.15, 0.2) is 24.3 Å². The van der Waals surface area contributed by atoms with Crippen molar-refractivity contribution in [2.75, 3.05) is 7.11 Å². The molecule has 0 fully saturated rings. The molecule has 174 valence electrons. The first-order valence-electron chi connectivity index (χ1n) is 10.9. The average molecular weight is 429 g/mol. The Morgan fingerprint density at radius 1 is 0.867 bits per heavy atom. The van der Waals surface area contributed by atoms with Crippen molar-refractivity contribution in [3.05, 3.63) is 24.3 Å². The number of carbonyl (C=O) groups is 3. The predicted molar refractivity (Wildman–Crippen MR) is 117 cm³/mol. The molecule has 0 aromatic heterocycles. The van der Waals surface area contributed by atoms with E-state index >= 15 is 0 Å². The van der Waals surface area contributed by atoms with Gasteiger partial charge in [0.15, 0.2) is 0 Å². The quantitative estimate of drug-likeness (QED) is 0.131. The number of carbonyl (C=O) groups excluding carboxylic acids is 1. The molecule has 30 heavy (non-hydrogen) atoms. The van der Waals surface area contributed by atoms with Crippen LogP contribution in [0, 0.1) is 0 Å². The zero-order valence-electron chi connectivity index (χ0n) is 18.6. The highest BCUT2D eigenvalue weighted by Gasteiger charge is 2.00. The number of aliphatic carboxylic acids is 2. The van der Waals surface area contributed by atoms with Crippen LogP contribution < -0.4 is 0 Å². The summed E-state index contributed by atoms with van der Waals surface area (Å²) in [7, 11) is 1.18. The van der Waals surface area contributed by atoms with Gasteiger partial charge in [-0.3, -0.25) is 4.79 Å². The second-order valence-electron chi connectivity index (χ2n) is 7.11. The van der Waals surface area contributed by atoms with Gasteiger partial charge in [-0.15, -0.1) is 0 Å². The maximum atomic E-state index is 10.3. The maximum Gasteiger partial charge on any atom is 0.330 e. The standard InChI is InChI=1S/C18H34O3.C5H6O4/c1-2-3-4-11-14-17(19)15-12-9-7-5-6-8-10-13-16-18(20)21;1-9-5(8)3-2-4(6)7/h9,12,17,19H,2-8,10-11,13-16H2,1H3,(H,20,21);2-3H,1H3,(H,6,7)/b12-9-;3-2-. The van der Waals surface area contributed by atoms with Crippen LogP contribution in [-0.2, 0) is 19.1 Å². The predicted octanol–water partition coefficient (Wildman–Crippen LogP) is 4.88. The summed E-state index contributed by atoms with van der Waals surface area (Å²) in [5, 5.41) is 26.3. The van der Waals surface area contributed by atoms with Crippen LogP contribution in [0.2, 0.25) is 0 Å². The van der Waals surface area contributed by atoms with E-state index in [4.69, 9.17) is 10.2 Å². The fourth-order valence-electron chi connectivity index (χ4n) is 2.57. The summed E-state index contributed by atoms with van der Waals surface area (Å²) < 4.78 is 4.11. The van der Waals surface area contributed by atoms with Crippen molar-refractivity contribution in [3.8, 4) is 0 Å². The van der Waals surface area contributed by atoms with Crippen molar-refractivity contribution in [2.24, 2.45) is 0 Å². The van der Waals surface area contributed by atoms with Gasteiger partial charge >= 0.3 is 17.9 Å². The van der Waals surface area contributed by atoms with Crippen LogP contribution in [0.25, 0.3) is 0 Å². The summed E-state index contributed by atoms with van der Waals surface area (Å²) >= 11 is 0. The molecule has 0 bridgehead atoms. The van der Waals surface area contributed by atoms with E-state index in [1.54, 1.807) is 0 Å². The van der Waals surface area contributed by atoms with Gasteiger partial charge in [-0.1, -0.05) is 64.0 Å². The van der Waals surface area contributed by atoms with E-state index < -0.39 is 17.9 Å². The number of methoxy groups -OCH3 is 1. The molecule has 0 aromatic carbocycles. The third-order valence-electron chi connectivity index (χ3n) is 4.29. The lowest BCUT2D eigenvalue weighted by Crippen LogP contribution is -2.04. The van der Waals surface area contributed by atoms with Gasteiger partial charge in [0.1, 0.15) is 0 Å². The number of aliphatic hydroxyl groups is 1. The number of unbranched alkanes of at least 4 members (excludes halogenated alkanes) is 8. The number of hydrogen-bond donors (Lipinski definition) is 3. The van der Waals surface area contributed by atoms with E-state index in [2.05, 4.69) is 23.8 Å². The minimum absolute atomic E-state index is 0.172. The highest BCUT2D eigenvalue weighted by molar-refractivity contribution is 5.90. The molecule has 0 rings (SSSR count). The van der Waals surface area contributed by atoms with E-state index in [9.17, 15) is 19.5 Å². The second-order valence-corrected chi connectivity index (χ2v) is 7.11. The van der Waals surface area contributed by atoms with Crippen molar-refractivity contribution in [2.45, 2.75) is 96.5 Å². The van der Waals surface area contributed by atoms with Gasteiger partial charge < -0.3 is 20.1 Å². The molecular weight excluding hydrogens is 388 g/mol. The lowest BCUT2D eigenvalue weighted by Gasteiger charge is -2.07. The van der Waals surface area contributed by atoms with Crippen LogP contribution in [-0.4, -0.2) is 46.4 Å². The van der Waals surface area contributed by atoms with Crippen LogP contribution in [0.1, 0.15) is 90.4 Å². The number of carboxylic acid groups (broad SMARTS) is 2. The smallest absolute Gasteiger partial charge is 0.330 e. The van der Waals surface area contributed by atoms with E-state index in [-0.39, 0.29) is 6.10 Å². The Morgan fingerprint density at radius 2 is 1.50 bits per heavy atom. The number of aliphatic hydroxyl groups excluding tert-OH is 1. The third kappa shape index (κ3) is 28.1. The first-order valence-corrected chi connectivity index (χ1v) is 10.9. The first-order chi connectivity index (χ1) is 14.3. The monoisotopic (exact) mass is 428 g/mol. The van der Waals surface area contributed by atoms with Crippen molar-refractivity contribution >= 4 is 17.9 Å². The molecule has 0 heterocycles. The van der Waals surface area contributed by atoms with E-state index in [0.29, 0.717) is 12.5 Å². The number of hydrogen-bond acceptors (Lipinski definition) is 5.